The van der Waals surface area contributed by atoms with Crippen molar-refractivity contribution in [2.75, 3.05) is 38.0 Å². The van der Waals surface area contributed by atoms with Crippen LogP contribution in [0.1, 0.15) is 16.9 Å². The van der Waals surface area contributed by atoms with Gasteiger partial charge in [-0.2, -0.15) is 11.8 Å². The highest BCUT2D eigenvalue weighted by molar-refractivity contribution is 7.98. The maximum Gasteiger partial charge on any atom is 0.273 e. The summed E-state index contributed by atoms with van der Waals surface area (Å²) in [7, 11) is 3.55. The lowest BCUT2D eigenvalue weighted by Crippen LogP contribution is -2.28. The number of anilines is 1. The topological polar surface area (TPSA) is 58.1 Å². The van der Waals surface area contributed by atoms with Crippen molar-refractivity contribution in [1.29, 1.82) is 0 Å². The standard InChI is InChI=1S/C11H18N4OS/c1-12-10-8-13-9(7-14-10)11(16)15(2)5-4-6-17-3/h7-8H,4-6H2,1-3H3,(H,12,14). The molecular weight excluding hydrogens is 236 g/mol. The number of rotatable bonds is 6. The Kier molecular flexibility index (Phi) is 5.76. The minimum Gasteiger partial charge on any atom is -0.372 e. The van der Waals surface area contributed by atoms with E-state index in [1.54, 1.807) is 37.0 Å². The van der Waals surface area contributed by atoms with Gasteiger partial charge in [-0.15, -0.1) is 0 Å². The summed E-state index contributed by atoms with van der Waals surface area (Å²) in [6, 6.07) is 0. The molecule has 0 aromatic carbocycles. The summed E-state index contributed by atoms with van der Waals surface area (Å²) >= 11 is 1.78. The molecule has 1 N–H and O–H groups in total. The maximum absolute atomic E-state index is 11.9. The van der Waals surface area contributed by atoms with Crippen molar-refractivity contribution < 1.29 is 4.79 Å². The predicted molar refractivity (Wildman–Crippen MR) is 71.5 cm³/mol. The summed E-state index contributed by atoms with van der Waals surface area (Å²) in [5, 5.41) is 2.86. The Morgan fingerprint density at radius 1 is 1.47 bits per heavy atom. The van der Waals surface area contributed by atoms with Crippen LogP contribution in [0.3, 0.4) is 0 Å². The minimum absolute atomic E-state index is 0.0822. The molecule has 0 aliphatic heterocycles. The van der Waals surface area contributed by atoms with E-state index in [1.165, 1.54) is 6.20 Å². The number of carbonyl (C=O) groups is 1. The first-order valence-electron chi connectivity index (χ1n) is 5.43. The third-order valence-corrected chi connectivity index (χ3v) is 3.01. The van der Waals surface area contributed by atoms with Gasteiger partial charge in [-0.05, 0) is 18.4 Å². The van der Waals surface area contributed by atoms with Gasteiger partial charge in [-0.1, -0.05) is 0 Å². The van der Waals surface area contributed by atoms with Crippen molar-refractivity contribution in [1.82, 2.24) is 14.9 Å². The molecule has 0 spiro atoms. The molecule has 94 valence electrons. The zero-order chi connectivity index (χ0) is 12.7. The number of carbonyl (C=O) groups excluding carboxylic acids is 1. The van der Waals surface area contributed by atoms with E-state index in [4.69, 9.17) is 0 Å². The van der Waals surface area contributed by atoms with Crippen LogP contribution in [0.25, 0.3) is 0 Å². The molecular formula is C11H18N4OS. The molecule has 0 fully saturated rings. The van der Waals surface area contributed by atoms with E-state index < -0.39 is 0 Å². The molecule has 17 heavy (non-hydrogen) atoms. The van der Waals surface area contributed by atoms with Crippen LogP contribution >= 0.6 is 11.8 Å². The summed E-state index contributed by atoms with van der Waals surface area (Å²) in [4.78, 5) is 21.8. The Labute approximate surface area is 106 Å². The first-order chi connectivity index (χ1) is 8.19. The second kappa shape index (κ2) is 7.11. The van der Waals surface area contributed by atoms with Gasteiger partial charge in [-0.25, -0.2) is 9.97 Å². The van der Waals surface area contributed by atoms with E-state index in [0.717, 1.165) is 18.7 Å². The molecule has 0 bridgehead atoms. The second-order valence-corrected chi connectivity index (χ2v) is 4.60. The number of hydrogen-bond donors (Lipinski definition) is 1. The van der Waals surface area contributed by atoms with Gasteiger partial charge in [0, 0.05) is 20.6 Å². The van der Waals surface area contributed by atoms with Gasteiger partial charge < -0.3 is 10.2 Å². The van der Waals surface area contributed by atoms with Crippen molar-refractivity contribution in [2.24, 2.45) is 0 Å². The van der Waals surface area contributed by atoms with E-state index in [9.17, 15) is 4.79 Å². The lowest BCUT2D eigenvalue weighted by atomic mass is 10.3. The Hall–Kier alpha value is -1.30. The monoisotopic (exact) mass is 254 g/mol. The predicted octanol–water partition coefficient (Wildman–Crippen LogP) is 1.34. The molecule has 1 rings (SSSR count). The van der Waals surface area contributed by atoms with Crippen molar-refractivity contribution >= 4 is 23.5 Å². The minimum atomic E-state index is -0.0822. The summed E-state index contributed by atoms with van der Waals surface area (Å²) in [5.41, 5.74) is 0.385. The number of nitrogens with one attached hydrogen (secondary N) is 1. The summed E-state index contributed by atoms with van der Waals surface area (Å²) in [6.45, 7) is 0.745. The number of aromatic nitrogens is 2. The van der Waals surface area contributed by atoms with E-state index in [1.807, 2.05) is 0 Å². The van der Waals surface area contributed by atoms with E-state index in [-0.39, 0.29) is 5.91 Å². The highest BCUT2D eigenvalue weighted by Gasteiger charge is 2.12. The average Bonchev–Trinajstić information content (AvgIpc) is 2.38. The molecule has 1 amide bonds. The largest absolute Gasteiger partial charge is 0.372 e. The van der Waals surface area contributed by atoms with Gasteiger partial charge in [-0.3, -0.25) is 4.79 Å². The van der Waals surface area contributed by atoms with Gasteiger partial charge in [0.2, 0.25) is 0 Å². The molecule has 5 nitrogen and oxygen atoms in total. The first kappa shape index (κ1) is 13.8. The normalized spacial score (nSPS) is 10.1. The number of amides is 1. The molecule has 1 heterocycles. The fourth-order valence-electron chi connectivity index (χ4n) is 1.31. The third-order valence-electron chi connectivity index (χ3n) is 2.32. The maximum atomic E-state index is 11.9. The van der Waals surface area contributed by atoms with Crippen LogP contribution in [0, 0.1) is 0 Å². The van der Waals surface area contributed by atoms with Crippen LogP contribution in [-0.2, 0) is 0 Å². The fraction of sp³-hybridized carbons (Fsp3) is 0.545. The van der Waals surface area contributed by atoms with Crippen LogP contribution in [-0.4, -0.2) is 53.4 Å². The fourth-order valence-corrected chi connectivity index (χ4v) is 1.73. The zero-order valence-electron chi connectivity index (χ0n) is 10.4. The Balaban J connectivity index is 2.55. The Morgan fingerprint density at radius 2 is 2.24 bits per heavy atom. The average molecular weight is 254 g/mol. The zero-order valence-corrected chi connectivity index (χ0v) is 11.3. The smallest absolute Gasteiger partial charge is 0.273 e. The van der Waals surface area contributed by atoms with Crippen molar-refractivity contribution in [3.8, 4) is 0 Å². The van der Waals surface area contributed by atoms with E-state index in [0.29, 0.717) is 11.5 Å². The number of nitrogens with zero attached hydrogens (tertiary/aromatic N) is 3. The lowest BCUT2D eigenvalue weighted by molar-refractivity contribution is 0.0789. The van der Waals surface area contributed by atoms with Crippen molar-refractivity contribution in [3.63, 3.8) is 0 Å². The van der Waals surface area contributed by atoms with E-state index in [2.05, 4.69) is 21.5 Å². The molecule has 0 aliphatic rings. The van der Waals surface area contributed by atoms with Crippen molar-refractivity contribution in [2.45, 2.75) is 6.42 Å². The molecule has 1 aromatic rings. The summed E-state index contributed by atoms with van der Waals surface area (Å²) < 4.78 is 0. The Morgan fingerprint density at radius 3 is 2.76 bits per heavy atom. The van der Waals surface area contributed by atoms with Crippen LogP contribution in [0.15, 0.2) is 12.4 Å². The Bertz CT molecular complexity index is 355. The number of hydrogen-bond acceptors (Lipinski definition) is 5. The SMILES string of the molecule is CNc1cnc(C(=O)N(C)CCCSC)cn1. The third kappa shape index (κ3) is 4.22. The summed E-state index contributed by atoms with van der Waals surface area (Å²) in [6.07, 6.45) is 6.11. The molecule has 1 aromatic heterocycles. The first-order valence-corrected chi connectivity index (χ1v) is 6.82. The molecule has 0 saturated carbocycles. The van der Waals surface area contributed by atoms with Gasteiger partial charge in [0.05, 0.1) is 12.4 Å². The van der Waals surface area contributed by atoms with E-state index >= 15 is 0 Å². The summed E-state index contributed by atoms with van der Waals surface area (Å²) in [5.74, 6) is 1.63. The van der Waals surface area contributed by atoms with Crippen molar-refractivity contribution in [3.05, 3.63) is 18.1 Å². The molecule has 0 radical (unpaired) electrons. The lowest BCUT2D eigenvalue weighted by Gasteiger charge is -2.16. The van der Waals surface area contributed by atoms with Gasteiger partial charge >= 0.3 is 0 Å². The van der Waals surface area contributed by atoms with Gasteiger partial charge in [0.25, 0.3) is 5.91 Å². The highest BCUT2D eigenvalue weighted by atomic mass is 32.2. The van der Waals surface area contributed by atoms with Crippen LogP contribution in [0.5, 0.6) is 0 Å². The quantitative estimate of drug-likeness (QED) is 0.776. The molecule has 0 unspecified atom stereocenters. The van der Waals surface area contributed by atoms with Crippen LogP contribution in [0.2, 0.25) is 0 Å². The highest BCUT2D eigenvalue weighted by Crippen LogP contribution is 2.04. The number of thioether (sulfide) groups is 1. The molecule has 0 atom stereocenters. The second-order valence-electron chi connectivity index (χ2n) is 3.61. The van der Waals surface area contributed by atoms with Crippen LogP contribution in [0.4, 0.5) is 5.82 Å². The molecule has 0 aliphatic carbocycles. The van der Waals surface area contributed by atoms with Crippen LogP contribution < -0.4 is 5.32 Å². The van der Waals surface area contributed by atoms with Gasteiger partial charge in [0.1, 0.15) is 11.5 Å². The molecule has 6 heteroatoms. The van der Waals surface area contributed by atoms with Gasteiger partial charge in [0.15, 0.2) is 0 Å². The molecule has 0 saturated heterocycles.